The van der Waals surface area contributed by atoms with Crippen molar-refractivity contribution in [3.05, 3.63) is 52.5 Å². The fourth-order valence-electron chi connectivity index (χ4n) is 2.69. The van der Waals surface area contributed by atoms with Gasteiger partial charge in [0, 0.05) is 30.6 Å². The van der Waals surface area contributed by atoms with Crippen LogP contribution < -0.4 is 15.0 Å². The Morgan fingerprint density at radius 1 is 1.19 bits per heavy atom. The van der Waals surface area contributed by atoms with E-state index in [1.807, 2.05) is 12.1 Å². The number of fused-ring (bicyclic) bond motifs is 1. The van der Waals surface area contributed by atoms with Crippen LogP contribution in [0.15, 0.2) is 46.9 Å². The maximum absolute atomic E-state index is 5.73. The van der Waals surface area contributed by atoms with Crippen LogP contribution in [0.2, 0.25) is 0 Å². The number of halogens is 1. The molecule has 0 aromatic heterocycles. The minimum absolute atomic E-state index is 0.281. The highest BCUT2D eigenvalue weighted by atomic mass is 79.9. The molecule has 0 bridgehead atoms. The Kier molecular flexibility index (Phi) is 4.06. The Balaban J connectivity index is 1.93. The molecule has 3 rings (SSSR count). The molecule has 4 heteroatoms. The Morgan fingerprint density at radius 2 is 2.00 bits per heavy atom. The van der Waals surface area contributed by atoms with Crippen molar-refractivity contribution >= 4 is 27.3 Å². The molecular weight excluding hydrogens is 328 g/mol. The Labute approximate surface area is 134 Å². The average Bonchev–Trinajstić information content (AvgIpc) is 2.47. The van der Waals surface area contributed by atoms with E-state index in [0.717, 1.165) is 28.9 Å². The summed E-state index contributed by atoms with van der Waals surface area (Å²) >= 11 is 3.56. The van der Waals surface area contributed by atoms with Crippen LogP contribution >= 0.6 is 15.9 Å². The van der Waals surface area contributed by atoms with Crippen LogP contribution in [0.25, 0.3) is 0 Å². The van der Waals surface area contributed by atoms with E-state index in [1.165, 1.54) is 11.3 Å². The molecule has 3 nitrogen and oxygen atoms in total. The van der Waals surface area contributed by atoms with Gasteiger partial charge in [0.1, 0.15) is 5.75 Å². The van der Waals surface area contributed by atoms with Gasteiger partial charge in [0.2, 0.25) is 0 Å². The maximum Gasteiger partial charge on any atom is 0.124 e. The molecule has 1 atom stereocenters. The number of rotatable bonds is 3. The van der Waals surface area contributed by atoms with Crippen molar-refractivity contribution in [2.45, 2.75) is 12.5 Å². The van der Waals surface area contributed by atoms with Gasteiger partial charge in [0.15, 0.2) is 0 Å². The first kappa shape index (κ1) is 14.3. The van der Waals surface area contributed by atoms with Gasteiger partial charge >= 0.3 is 0 Å². The molecule has 0 radical (unpaired) electrons. The van der Waals surface area contributed by atoms with Crippen LogP contribution in [0.4, 0.5) is 11.4 Å². The molecule has 0 saturated carbocycles. The number of nitrogens with one attached hydrogen (secondary N) is 1. The van der Waals surface area contributed by atoms with Gasteiger partial charge in [-0.25, -0.2) is 0 Å². The van der Waals surface area contributed by atoms with Crippen molar-refractivity contribution in [1.82, 2.24) is 0 Å². The highest BCUT2D eigenvalue weighted by molar-refractivity contribution is 9.10. The molecule has 1 heterocycles. The van der Waals surface area contributed by atoms with Crippen LogP contribution in [0.1, 0.15) is 18.0 Å². The summed E-state index contributed by atoms with van der Waals surface area (Å²) in [6.45, 7) is 0.750. The summed E-state index contributed by atoms with van der Waals surface area (Å²) in [6.07, 6.45) is 0.969. The first-order chi connectivity index (χ1) is 10.1. The molecule has 21 heavy (non-hydrogen) atoms. The monoisotopic (exact) mass is 346 g/mol. The number of ether oxygens (including phenoxy) is 1. The Hall–Kier alpha value is -1.68. The molecule has 0 spiro atoms. The normalized spacial score (nSPS) is 16.8. The van der Waals surface area contributed by atoms with E-state index in [0.29, 0.717) is 0 Å². The van der Waals surface area contributed by atoms with Gasteiger partial charge in [0.25, 0.3) is 0 Å². The minimum atomic E-state index is 0.281. The molecule has 0 amide bonds. The number of hydrogen-bond acceptors (Lipinski definition) is 3. The highest BCUT2D eigenvalue weighted by Gasteiger charge is 2.21. The molecule has 0 fully saturated rings. The molecule has 0 saturated heterocycles. The molecule has 1 aliphatic heterocycles. The van der Waals surface area contributed by atoms with E-state index in [1.54, 1.807) is 0 Å². The van der Waals surface area contributed by atoms with E-state index in [9.17, 15) is 0 Å². The minimum Gasteiger partial charge on any atom is -0.493 e. The molecule has 1 aliphatic rings. The quantitative estimate of drug-likeness (QED) is 0.888. The summed E-state index contributed by atoms with van der Waals surface area (Å²) < 4.78 is 6.81. The van der Waals surface area contributed by atoms with Crippen LogP contribution in [0.5, 0.6) is 5.75 Å². The fraction of sp³-hybridized carbons (Fsp3) is 0.294. The number of nitrogens with zero attached hydrogens (tertiary/aromatic N) is 1. The third-order valence-electron chi connectivity index (χ3n) is 3.73. The lowest BCUT2D eigenvalue weighted by Gasteiger charge is -2.29. The van der Waals surface area contributed by atoms with Crippen molar-refractivity contribution in [3.63, 3.8) is 0 Å². The van der Waals surface area contributed by atoms with Crippen LogP contribution in [-0.4, -0.2) is 20.7 Å². The number of anilines is 2. The zero-order valence-corrected chi connectivity index (χ0v) is 13.9. The first-order valence-electron chi connectivity index (χ1n) is 7.10. The third kappa shape index (κ3) is 3.00. The van der Waals surface area contributed by atoms with Gasteiger partial charge in [-0.1, -0.05) is 34.1 Å². The van der Waals surface area contributed by atoms with Gasteiger partial charge in [-0.05, 0) is 24.3 Å². The molecule has 1 N–H and O–H groups in total. The maximum atomic E-state index is 5.73. The summed E-state index contributed by atoms with van der Waals surface area (Å²) in [5.41, 5.74) is 3.55. The second-order valence-corrected chi connectivity index (χ2v) is 6.34. The van der Waals surface area contributed by atoms with Gasteiger partial charge in [-0.2, -0.15) is 0 Å². The summed E-state index contributed by atoms with van der Waals surface area (Å²) in [5.74, 6) is 0.989. The number of para-hydroxylation sites is 1. The lowest BCUT2D eigenvalue weighted by atomic mass is 10.00. The predicted molar refractivity (Wildman–Crippen MR) is 91.4 cm³/mol. The molecule has 2 aromatic rings. The van der Waals surface area contributed by atoms with E-state index < -0.39 is 0 Å². The molecule has 2 aromatic carbocycles. The van der Waals surface area contributed by atoms with E-state index in [-0.39, 0.29) is 6.04 Å². The van der Waals surface area contributed by atoms with Gasteiger partial charge in [-0.15, -0.1) is 0 Å². The van der Waals surface area contributed by atoms with Gasteiger partial charge in [-0.3, -0.25) is 0 Å². The predicted octanol–water partition coefficient (Wildman–Crippen LogP) is 4.45. The summed E-state index contributed by atoms with van der Waals surface area (Å²) in [5, 5.41) is 3.68. The molecule has 1 unspecified atom stereocenters. The molecular formula is C17H19BrN2O. The lowest BCUT2D eigenvalue weighted by molar-refractivity contribution is 0.274. The van der Waals surface area contributed by atoms with Crippen molar-refractivity contribution in [2.24, 2.45) is 0 Å². The average molecular weight is 347 g/mol. The third-order valence-corrected chi connectivity index (χ3v) is 4.22. The van der Waals surface area contributed by atoms with Crippen molar-refractivity contribution in [1.29, 1.82) is 0 Å². The van der Waals surface area contributed by atoms with E-state index >= 15 is 0 Å². The van der Waals surface area contributed by atoms with Gasteiger partial charge < -0.3 is 15.0 Å². The number of benzene rings is 2. The van der Waals surface area contributed by atoms with Crippen molar-refractivity contribution in [2.75, 3.05) is 30.9 Å². The van der Waals surface area contributed by atoms with E-state index in [2.05, 4.69) is 70.6 Å². The van der Waals surface area contributed by atoms with Gasteiger partial charge in [0.05, 0.1) is 24.0 Å². The van der Waals surface area contributed by atoms with Crippen LogP contribution in [0.3, 0.4) is 0 Å². The summed E-state index contributed by atoms with van der Waals surface area (Å²) in [7, 11) is 4.12. The highest BCUT2D eigenvalue weighted by Crippen LogP contribution is 2.37. The fourth-order valence-corrected chi connectivity index (χ4v) is 3.05. The smallest absolute Gasteiger partial charge is 0.124 e. The van der Waals surface area contributed by atoms with Crippen molar-refractivity contribution in [3.8, 4) is 5.75 Å². The topological polar surface area (TPSA) is 24.5 Å². The molecule has 110 valence electrons. The van der Waals surface area contributed by atoms with E-state index in [4.69, 9.17) is 4.74 Å². The van der Waals surface area contributed by atoms with Crippen LogP contribution in [-0.2, 0) is 0 Å². The second-order valence-electron chi connectivity index (χ2n) is 5.43. The summed E-state index contributed by atoms with van der Waals surface area (Å²) in [6, 6.07) is 14.9. The Morgan fingerprint density at radius 3 is 2.81 bits per heavy atom. The SMILES string of the molecule is CN(C)c1ccc(Br)cc1NC1CCOc2ccccc21. The molecule has 0 aliphatic carbocycles. The van der Waals surface area contributed by atoms with Crippen LogP contribution in [0, 0.1) is 0 Å². The zero-order valence-electron chi connectivity index (χ0n) is 12.3. The Bertz CT molecular complexity index is 642. The standard InChI is InChI=1S/C17H19BrN2O/c1-20(2)16-8-7-12(18)11-15(16)19-14-9-10-21-17-6-4-3-5-13(14)17/h3-8,11,14,19H,9-10H2,1-2H3. The number of hydrogen-bond donors (Lipinski definition) is 1. The summed E-state index contributed by atoms with van der Waals surface area (Å²) in [4.78, 5) is 2.13. The van der Waals surface area contributed by atoms with Crippen molar-refractivity contribution < 1.29 is 4.74 Å². The second kappa shape index (κ2) is 5.98. The zero-order chi connectivity index (χ0) is 14.8. The lowest BCUT2D eigenvalue weighted by Crippen LogP contribution is -2.21. The first-order valence-corrected chi connectivity index (χ1v) is 7.89. The largest absolute Gasteiger partial charge is 0.493 e.